The lowest BCUT2D eigenvalue weighted by atomic mass is 10.1. The summed E-state index contributed by atoms with van der Waals surface area (Å²) in [4.78, 5) is 0. The molecule has 134 valence electrons. The van der Waals surface area contributed by atoms with E-state index in [-0.39, 0.29) is 5.96 Å². The summed E-state index contributed by atoms with van der Waals surface area (Å²) < 4.78 is 12.2. The number of halogens is 1. The van der Waals surface area contributed by atoms with Gasteiger partial charge in [-0.1, -0.05) is 28.1 Å². The molecular weight excluding hydrogens is 398 g/mol. The lowest BCUT2D eigenvalue weighted by molar-refractivity contribution is 0.284. The molecule has 8 heteroatoms. The standard InChI is InChI=1S/C18H18BrN5O2/c1-11(23-24-18(21)22)15-7-14(19)8-16(25-2)17(15)26-10-13-5-3-12(9-20)4-6-13/h3-8H,10H2,1-2H3,(H4,21,22,24)/b23-11+. The maximum absolute atomic E-state index is 8.87. The van der Waals surface area contributed by atoms with Gasteiger partial charge < -0.3 is 20.9 Å². The van der Waals surface area contributed by atoms with Crippen LogP contribution in [0.4, 0.5) is 0 Å². The highest BCUT2D eigenvalue weighted by atomic mass is 79.9. The molecule has 0 fully saturated rings. The van der Waals surface area contributed by atoms with Gasteiger partial charge in [-0.25, -0.2) is 0 Å². The number of methoxy groups -OCH3 is 1. The van der Waals surface area contributed by atoms with Gasteiger partial charge in [0, 0.05) is 10.0 Å². The van der Waals surface area contributed by atoms with Gasteiger partial charge in [0.15, 0.2) is 11.5 Å². The van der Waals surface area contributed by atoms with Crippen LogP contribution in [-0.4, -0.2) is 18.8 Å². The van der Waals surface area contributed by atoms with Crippen LogP contribution in [0.1, 0.15) is 23.6 Å². The summed E-state index contributed by atoms with van der Waals surface area (Å²) in [7, 11) is 1.56. The second-order valence-corrected chi connectivity index (χ2v) is 6.21. The van der Waals surface area contributed by atoms with Crippen molar-refractivity contribution in [1.29, 1.82) is 5.26 Å². The van der Waals surface area contributed by atoms with E-state index in [1.165, 1.54) is 0 Å². The van der Waals surface area contributed by atoms with E-state index in [2.05, 4.69) is 32.2 Å². The second-order valence-electron chi connectivity index (χ2n) is 5.29. The van der Waals surface area contributed by atoms with Crippen molar-refractivity contribution in [2.75, 3.05) is 7.11 Å². The van der Waals surface area contributed by atoms with Crippen molar-refractivity contribution in [3.05, 3.63) is 57.6 Å². The fourth-order valence-electron chi connectivity index (χ4n) is 2.16. The van der Waals surface area contributed by atoms with Crippen LogP contribution in [0, 0.1) is 11.3 Å². The van der Waals surface area contributed by atoms with E-state index in [1.807, 2.05) is 18.2 Å². The van der Waals surface area contributed by atoms with E-state index in [4.69, 9.17) is 26.2 Å². The first-order valence-corrected chi connectivity index (χ1v) is 8.36. The summed E-state index contributed by atoms with van der Waals surface area (Å²) in [5, 5.41) is 16.6. The average Bonchev–Trinajstić information content (AvgIpc) is 2.64. The largest absolute Gasteiger partial charge is 0.493 e. The van der Waals surface area contributed by atoms with Crippen LogP contribution in [0.15, 0.2) is 51.1 Å². The highest BCUT2D eigenvalue weighted by Crippen LogP contribution is 2.36. The Morgan fingerprint density at radius 1 is 1.19 bits per heavy atom. The van der Waals surface area contributed by atoms with Gasteiger partial charge in [-0.05, 0) is 36.8 Å². The van der Waals surface area contributed by atoms with Gasteiger partial charge in [0.2, 0.25) is 5.96 Å². The van der Waals surface area contributed by atoms with E-state index in [1.54, 1.807) is 32.2 Å². The van der Waals surface area contributed by atoms with Gasteiger partial charge in [0.05, 0.1) is 24.5 Å². The molecule has 0 saturated carbocycles. The van der Waals surface area contributed by atoms with Crippen LogP contribution < -0.4 is 20.9 Å². The Kier molecular flexibility index (Phi) is 6.58. The van der Waals surface area contributed by atoms with Gasteiger partial charge in [0.1, 0.15) is 6.61 Å². The number of nitrogens with two attached hydrogens (primary N) is 2. The third kappa shape index (κ3) is 4.97. The van der Waals surface area contributed by atoms with Crippen molar-refractivity contribution >= 4 is 27.6 Å². The van der Waals surface area contributed by atoms with Crippen molar-refractivity contribution in [1.82, 2.24) is 0 Å². The molecule has 26 heavy (non-hydrogen) atoms. The summed E-state index contributed by atoms with van der Waals surface area (Å²) in [6.07, 6.45) is 0. The van der Waals surface area contributed by atoms with Crippen LogP contribution in [0.25, 0.3) is 0 Å². The highest BCUT2D eigenvalue weighted by molar-refractivity contribution is 9.10. The molecule has 0 aliphatic carbocycles. The molecule has 0 unspecified atom stereocenters. The Balaban J connectivity index is 2.37. The van der Waals surface area contributed by atoms with Crippen molar-refractivity contribution in [2.24, 2.45) is 21.7 Å². The zero-order chi connectivity index (χ0) is 19.1. The molecule has 4 N–H and O–H groups in total. The monoisotopic (exact) mass is 415 g/mol. The number of nitrogens with zero attached hydrogens (tertiary/aromatic N) is 3. The molecule has 0 aliphatic heterocycles. The molecule has 0 saturated heterocycles. The molecule has 0 atom stereocenters. The first-order valence-electron chi connectivity index (χ1n) is 7.57. The second kappa shape index (κ2) is 8.87. The summed E-state index contributed by atoms with van der Waals surface area (Å²) in [6.45, 7) is 2.06. The predicted octanol–water partition coefficient (Wildman–Crippen LogP) is 2.91. The Morgan fingerprint density at radius 2 is 1.88 bits per heavy atom. The molecule has 2 aromatic carbocycles. The molecule has 2 rings (SSSR count). The van der Waals surface area contributed by atoms with Gasteiger partial charge in [0.25, 0.3) is 0 Å². The predicted molar refractivity (Wildman–Crippen MR) is 104 cm³/mol. The Hall–Kier alpha value is -3.05. The van der Waals surface area contributed by atoms with E-state index in [0.717, 1.165) is 10.0 Å². The van der Waals surface area contributed by atoms with E-state index in [9.17, 15) is 0 Å². The fourth-order valence-corrected chi connectivity index (χ4v) is 2.59. The summed E-state index contributed by atoms with van der Waals surface area (Å²) in [5.41, 5.74) is 13.4. The summed E-state index contributed by atoms with van der Waals surface area (Å²) in [6, 6.07) is 12.9. The van der Waals surface area contributed by atoms with Gasteiger partial charge >= 0.3 is 0 Å². The molecule has 0 bridgehead atoms. The van der Waals surface area contributed by atoms with Crippen LogP contribution in [-0.2, 0) is 6.61 Å². The van der Waals surface area contributed by atoms with Crippen LogP contribution in [0.2, 0.25) is 0 Å². The Bertz CT molecular complexity index is 882. The molecule has 2 aromatic rings. The Labute approximate surface area is 160 Å². The zero-order valence-corrected chi connectivity index (χ0v) is 15.9. The topological polar surface area (TPSA) is 119 Å². The minimum atomic E-state index is -0.133. The molecule has 0 heterocycles. The number of nitriles is 1. The van der Waals surface area contributed by atoms with Gasteiger partial charge in [-0.3, -0.25) is 0 Å². The van der Waals surface area contributed by atoms with E-state index < -0.39 is 0 Å². The first kappa shape index (κ1) is 19.3. The molecule has 0 aliphatic rings. The van der Waals surface area contributed by atoms with Gasteiger partial charge in [-0.2, -0.15) is 10.4 Å². The lowest BCUT2D eigenvalue weighted by Gasteiger charge is -2.15. The quantitative estimate of drug-likeness (QED) is 0.426. The third-order valence-corrected chi connectivity index (χ3v) is 3.87. The smallest absolute Gasteiger partial charge is 0.211 e. The minimum absolute atomic E-state index is 0.133. The Morgan fingerprint density at radius 3 is 2.46 bits per heavy atom. The molecule has 0 radical (unpaired) electrons. The molecule has 0 aromatic heterocycles. The molecule has 0 amide bonds. The molecule has 7 nitrogen and oxygen atoms in total. The minimum Gasteiger partial charge on any atom is -0.493 e. The zero-order valence-electron chi connectivity index (χ0n) is 14.4. The maximum atomic E-state index is 8.87. The first-order chi connectivity index (χ1) is 12.4. The van der Waals surface area contributed by atoms with Crippen molar-refractivity contribution < 1.29 is 9.47 Å². The van der Waals surface area contributed by atoms with Gasteiger partial charge in [-0.15, -0.1) is 5.10 Å². The van der Waals surface area contributed by atoms with Crippen LogP contribution in [0.5, 0.6) is 11.5 Å². The fraction of sp³-hybridized carbons (Fsp3) is 0.167. The van der Waals surface area contributed by atoms with Crippen molar-refractivity contribution in [3.8, 4) is 17.6 Å². The third-order valence-electron chi connectivity index (χ3n) is 3.41. The van der Waals surface area contributed by atoms with Crippen LogP contribution in [0.3, 0.4) is 0 Å². The highest BCUT2D eigenvalue weighted by Gasteiger charge is 2.15. The number of hydrogen-bond acceptors (Lipinski definition) is 5. The normalized spacial score (nSPS) is 10.8. The van der Waals surface area contributed by atoms with Crippen LogP contribution >= 0.6 is 15.9 Å². The van der Waals surface area contributed by atoms with E-state index in [0.29, 0.717) is 34.9 Å². The summed E-state index contributed by atoms with van der Waals surface area (Å²) >= 11 is 3.44. The number of hydrogen-bond donors (Lipinski definition) is 2. The van der Waals surface area contributed by atoms with E-state index >= 15 is 0 Å². The average molecular weight is 416 g/mol. The lowest BCUT2D eigenvalue weighted by Crippen LogP contribution is -2.22. The number of benzene rings is 2. The molecule has 0 spiro atoms. The number of guanidine groups is 1. The maximum Gasteiger partial charge on any atom is 0.211 e. The van der Waals surface area contributed by atoms with Crippen molar-refractivity contribution in [3.63, 3.8) is 0 Å². The number of rotatable bonds is 6. The number of ether oxygens (including phenoxy) is 2. The SMILES string of the molecule is COc1cc(Br)cc(/C(C)=N/N=C(N)N)c1OCc1ccc(C#N)cc1. The molecular formula is C18H18BrN5O2. The van der Waals surface area contributed by atoms with Crippen molar-refractivity contribution in [2.45, 2.75) is 13.5 Å². The summed E-state index contributed by atoms with van der Waals surface area (Å²) in [5.74, 6) is 0.931.